The smallest absolute Gasteiger partial charge is 0.330 e. The molecule has 0 bridgehead atoms. The fourth-order valence-corrected chi connectivity index (χ4v) is 2.79. The van der Waals surface area contributed by atoms with E-state index in [2.05, 4.69) is 4.98 Å². The second-order valence-corrected chi connectivity index (χ2v) is 5.48. The molecule has 8 heteroatoms. The van der Waals surface area contributed by atoms with Crippen LogP contribution in [0.5, 0.6) is 0 Å². The van der Waals surface area contributed by atoms with Gasteiger partial charge in [-0.2, -0.15) is 0 Å². The molecule has 0 saturated carbocycles. The molecular weight excluding hydrogens is 290 g/mol. The van der Waals surface area contributed by atoms with Crippen molar-refractivity contribution in [2.24, 2.45) is 11.7 Å². The lowest BCUT2D eigenvalue weighted by atomic mass is 9.96. The fraction of sp³-hybridized carbons (Fsp3) is 0.714. The van der Waals surface area contributed by atoms with Crippen LogP contribution in [-0.4, -0.2) is 42.7 Å². The molecule has 3 N–H and O–H groups in total. The summed E-state index contributed by atoms with van der Waals surface area (Å²) in [5, 5.41) is 0. The normalized spacial score (nSPS) is 25.0. The number of aromatic nitrogens is 2. The zero-order valence-electron chi connectivity index (χ0n) is 13.1. The number of aryl methyl sites for hydroxylation is 1. The first kappa shape index (κ1) is 16.9. The van der Waals surface area contributed by atoms with Gasteiger partial charge >= 0.3 is 5.69 Å². The summed E-state index contributed by atoms with van der Waals surface area (Å²) < 4.78 is 17.7. The van der Waals surface area contributed by atoms with Crippen LogP contribution in [0.1, 0.15) is 24.6 Å². The zero-order chi connectivity index (χ0) is 16.3. The van der Waals surface area contributed by atoms with Crippen LogP contribution in [0.25, 0.3) is 0 Å². The largest absolute Gasteiger partial charge is 0.356 e. The minimum absolute atomic E-state index is 0.110. The Bertz CT molecular complexity index is 607. The van der Waals surface area contributed by atoms with Crippen molar-refractivity contribution in [2.45, 2.75) is 38.4 Å². The Morgan fingerprint density at radius 2 is 2.14 bits per heavy atom. The molecule has 3 atom stereocenters. The first-order chi connectivity index (χ1) is 10.5. The van der Waals surface area contributed by atoms with Gasteiger partial charge in [-0.3, -0.25) is 14.3 Å². The summed E-state index contributed by atoms with van der Waals surface area (Å²) in [6, 6.07) is 0. The number of nitrogens with one attached hydrogen (secondary N) is 1. The molecule has 1 aliphatic heterocycles. The highest BCUT2D eigenvalue weighted by molar-refractivity contribution is 5.02. The fourth-order valence-electron chi connectivity index (χ4n) is 2.79. The van der Waals surface area contributed by atoms with Gasteiger partial charge in [0.25, 0.3) is 5.56 Å². The van der Waals surface area contributed by atoms with E-state index in [9.17, 15) is 9.59 Å². The molecule has 1 aliphatic rings. The Morgan fingerprint density at radius 3 is 2.73 bits per heavy atom. The summed E-state index contributed by atoms with van der Waals surface area (Å²) in [7, 11) is 3.16. The van der Waals surface area contributed by atoms with Crippen LogP contribution in [0.3, 0.4) is 0 Å². The van der Waals surface area contributed by atoms with E-state index in [1.54, 1.807) is 21.1 Å². The van der Waals surface area contributed by atoms with E-state index in [0.717, 1.165) is 0 Å². The van der Waals surface area contributed by atoms with E-state index >= 15 is 0 Å². The molecule has 0 amide bonds. The number of nitrogens with two attached hydrogens (primary N) is 1. The molecule has 0 radical (unpaired) electrons. The average molecular weight is 313 g/mol. The maximum atomic E-state index is 12.0. The molecule has 2 rings (SSSR count). The molecule has 0 spiro atoms. The maximum Gasteiger partial charge on any atom is 0.330 e. The average Bonchev–Trinajstić information content (AvgIpc) is 2.91. The molecule has 0 aromatic carbocycles. The van der Waals surface area contributed by atoms with E-state index in [1.165, 1.54) is 10.8 Å². The Labute approximate surface area is 128 Å². The van der Waals surface area contributed by atoms with E-state index in [1.807, 2.05) is 0 Å². The van der Waals surface area contributed by atoms with Gasteiger partial charge in [0.15, 0.2) is 6.29 Å². The van der Waals surface area contributed by atoms with Crippen molar-refractivity contribution in [1.82, 2.24) is 9.55 Å². The van der Waals surface area contributed by atoms with Gasteiger partial charge in [0.1, 0.15) is 6.23 Å². The van der Waals surface area contributed by atoms with Crippen molar-refractivity contribution in [3.05, 3.63) is 32.6 Å². The highest BCUT2D eigenvalue weighted by Crippen LogP contribution is 2.35. The molecule has 8 nitrogen and oxygen atoms in total. The van der Waals surface area contributed by atoms with Crippen LogP contribution in [0.2, 0.25) is 0 Å². The van der Waals surface area contributed by atoms with E-state index < -0.39 is 11.9 Å². The number of H-pyrrole nitrogens is 1. The van der Waals surface area contributed by atoms with Gasteiger partial charge in [-0.15, -0.1) is 0 Å². The number of ether oxygens (including phenoxy) is 3. The third kappa shape index (κ3) is 3.46. The lowest BCUT2D eigenvalue weighted by Crippen LogP contribution is -2.33. The number of methoxy groups -OCH3 is 2. The highest BCUT2D eigenvalue weighted by Gasteiger charge is 2.37. The van der Waals surface area contributed by atoms with Gasteiger partial charge in [-0.25, -0.2) is 4.79 Å². The lowest BCUT2D eigenvalue weighted by molar-refractivity contribution is -0.117. The lowest BCUT2D eigenvalue weighted by Gasteiger charge is -2.20. The molecule has 2 heterocycles. The van der Waals surface area contributed by atoms with Gasteiger partial charge in [-0.05, 0) is 19.3 Å². The minimum atomic E-state index is -0.480. The van der Waals surface area contributed by atoms with Crippen LogP contribution in [0, 0.1) is 12.8 Å². The van der Waals surface area contributed by atoms with Crippen LogP contribution >= 0.6 is 0 Å². The standard InChI is InChI=1S/C14H23N3O5/c1-8-7-17(14(19)16-13(8)18)11-4-9(10(6-15)22-11)5-12(20-2)21-3/h7,9-12H,4-6,15H2,1-3H3,(H,16,18,19)/t9-,10-,11-/m1/s1. The predicted molar refractivity (Wildman–Crippen MR) is 79.6 cm³/mol. The molecule has 0 aliphatic carbocycles. The Kier molecular flexibility index (Phi) is 5.52. The van der Waals surface area contributed by atoms with Crippen molar-refractivity contribution < 1.29 is 14.2 Å². The molecule has 1 aromatic heterocycles. The van der Waals surface area contributed by atoms with E-state index in [0.29, 0.717) is 24.9 Å². The summed E-state index contributed by atoms with van der Waals surface area (Å²) >= 11 is 0. The summed E-state index contributed by atoms with van der Waals surface area (Å²) in [5.41, 5.74) is 5.36. The summed E-state index contributed by atoms with van der Waals surface area (Å²) in [6.07, 6.45) is 1.79. The van der Waals surface area contributed by atoms with Gasteiger partial charge in [0, 0.05) is 38.9 Å². The third-order valence-electron chi connectivity index (χ3n) is 4.07. The third-order valence-corrected chi connectivity index (χ3v) is 4.07. The molecular formula is C14H23N3O5. The quantitative estimate of drug-likeness (QED) is 0.699. The molecule has 1 fully saturated rings. The number of hydrogen-bond donors (Lipinski definition) is 2. The van der Waals surface area contributed by atoms with Crippen LogP contribution < -0.4 is 17.0 Å². The van der Waals surface area contributed by atoms with E-state index in [4.69, 9.17) is 19.9 Å². The van der Waals surface area contributed by atoms with Crippen LogP contribution in [0.15, 0.2) is 15.8 Å². The van der Waals surface area contributed by atoms with Gasteiger partial charge < -0.3 is 19.9 Å². The number of hydrogen-bond acceptors (Lipinski definition) is 6. The maximum absolute atomic E-state index is 12.0. The second kappa shape index (κ2) is 7.19. The van der Waals surface area contributed by atoms with Crippen LogP contribution in [0.4, 0.5) is 0 Å². The molecule has 124 valence electrons. The van der Waals surface area contributed by atoms with Crippen molar-refractivity contribution in [3.63, 3.8) is 0 Å². The SMILES string of the molecule is COC(C[C@H]1C[C@H](n2cc(C)c(=O)[nH]c2=O)O[C@@H]1CN)OC. The van der Waals surface area contributed by atoms with Gasteiger partial charge in [-0.1, -0.05) is 0 Å². The molecule has 0 unspecified atom stereocenters. The summed E-state index contributed by atoms with van der Waals surface area (Å²) in [4.78, 5) is 25.7. The topological polar surface area (TPSA) is 109 Å². The first-order valence-electron chi connectivity index (χ1n) is 7.23. The van der Waals surface area contributed by atoms with Gasteiger partial charge in [0.2, 0.25) is 0 Å². The highest BCUT2D eigenvalue weighted by atomic mass is 16.7. The van der Waals surface area contributed by atoms with Crippen molar-refractivity contribution in [2.75, 3.05) is 20.8 Å². The van der Waals surface area contributed by atoms with Crippen LogP contribution in [-0.2, 0) is 14.2 Å². The monoisotopic (exact) mass is 313 g/mol. The van der Waals surface area contributed by atoms with Gasteiger partial charge in [0.05, 0.1) is 6.10 Å². The van der Waals surface area contributed by atoms with E-state index in [-0.39, 0.29) is 23.9 Å². The van der Waals surface area contributed by atoms with Crippen molar-refractivity contribution >= 4 is 0 Å². The zero-order valence-corrected chi connectivity index (χ0v) is 13.1. The van der Waals surface area contributed by atoms with Crippen molar-refractivity contribution in [3.8, 4) is 0 Å². The first-order valence-corrected chi connectivity index (χ1v) is 7.23. The Balaban J connectivity index is 2.20. The molecule has 1 aromatic rings. The second-order valence-electron chi connectivity index (χ2n) is 5.48. The number of aromatic amines is 1. The van der Waals surface area contributed by atoms with Crippen molar-refractivity contribution in [1.29, 1.82) is 0 Å². The molecule has 1 saturated heterocycles. The Morgan fingerprint density at radius 1 is 1.45 bits per heavy atom. The Hall–Kier alpha value is -1.48. The minimum Gasteiger partial charge on any atom is -0.356 e. The summed E-state index contributed by atoms with van der Waals surface area (Å²) in [5.74, 6) is 0.110. The predicted octanol–water partition coefficient (Wildman–Crippen LogP) is -0.284. The summed E-state index contributed by atoms with van der Waals surface area (Å²) in [6.45, 7) is 1.99. The molecule has 22 heavy (non-hydrogen) atoms. The number of rotatable bonds is 6. The number of nitrogens with zero attached hydrogens (tertiary/aromatic N) is 1.